The fourth-order valence-electron chi connectivity index (χ4n) is 1.15. The molecule has 1 rings (SSSR count). The van der Waals surface area contributed by atoms with Crippen molar-refractivity contribution in [1.82, 2.24) is 0 Å². The SMILES string of the molecule is C[CH]OC(=O)C1CCOCC1. The van der Waals surface area contributed by atoms with Crippen molar-refractivity contribution in [3.8, 4) is 0 Å². The largest absolute Gasteiger partial charge is 0.459 e. The van der Waals surface area contributed by atoms with Gasteiger partial charge in [-0.3, -0.25) is 4.79 Å². The van der Waals surface area contributed by atoms with Crippen molar-refractivity contribution in [3.05, 3.63) is 6.61 Å². The first-order valence-corrected chi connectivity index (χ1v) is 3.90. The minimum Gasteiger partial charge on any atom is -0.459 e. The molecular formula is C8H13O3. The second kappa shape index (κ2) is 4.34. The normalized spacial score (nSPS) is 19.7. The summed E-state index contributed by atoms with van der Waals surface area (Å²) in [6.45, 7) is 4.50. The number of ether oxygens (including phenoxy) is 2. The zero-order chi connectivity index (χ0) is 8.10. The van der Waals surface area contributed by atoms with E-state index in [0.29, 0.717) is 13.2 Å². The predicted octanol–water partition coefficient (Wildman–Crippen LogP) is 1.14. The quantitative estimate of drug-likeness (QED) is 0.564. The van der Waals surface area contributed by atoms with Gasteiger partial charge in [0.05, 0.1) is 5.92 Å². The van der Waals surface area contributed by atoms with E-state index in [1.54, 1.807) is 6.92 Å². The molecule has 1 aliphatic heterocycles. The molecule has 1 aliphatic rings. The molecule has 1 radical (unpaired) electrons. The molecule has 0 aromatic carbocycles. The van der Waals surface area contributed by atoms with E-state index in [0.717, 1.165) is 12.8 Å². The maximum absolute atomic E-state index is 11.1. The van der Waals surface area contributed by atoms with Crippen LogP contribution in [0.15, 0.2) is 0 Å². The van der Waals surface area contributed by atoms with Gasteiger partial charge in [0.1, 0.15) is 6.61 Å². The monoisotopic (exact) mass is 157 g/mol. The summed E-state index contributed by atoms with van der Waals surface area (Å²) in [5.74, 6) is -0.0595. The van der Waals surface area contributed by atoms with E-state index in [-0.39, 0.29) is 11.9 Å². The van der Waals surface area contributed by atoms with Crippen molar-refractivity contribution < 1.29 is 14.3 Å². The van der Waals surface area contributed by atoms with E-state index < -0.39 is 0 Å². The number of esters is 1. The highest BCUT2D eigenvalue weighted by Crippen LogP contribution is 2.16. The van der Waals surface area contributed by atoms with Crippen molar-refractivity contribution in [2.75, 3.05) is 13.2 Å². The van der Waals surface area contributed by atoms with Gasteiger partial charge in [-0.25, -0.2) is 0 Å². The molecule has 0 aromatic heterocycles. The van der Waals surface area contributed by atoms with Crippen LogP contribution >= 0.6 is 0 Å². The minimum atomic E-state index is -0.115. The molecule has 3 nitrogen and oxygen atoms in total. The van der Waals surface area contributed by atoms with Crippen LogP contribution in [-0.4, -0.2) is 19.2 Å². The first kappa shape index (κ1) is 8.53. The van der Waals surface area contributed by atoms with Gasteiger partial charge in [-0.15, -0.1) is 0 Å². The molecule has 0 bridgehead atoms. The number of rotatable bonds is 2. The molecule has 1 heterocycles. The van der Waals surface area contributed by atoms with Crippen LogP contribution in [0.1, 0.15) is 19.8 Å². The van der Waals surface area contributed by atoms with Gasteiger partial charge in [0, 0.05) is 13.2 Å². The minimum absolute atomic E-state index is 0.0555. The highest BCUT2D eigenvalue weighted by molar-refractivity contribution is 5.72. The Morgan fingerprint density at radius 2 is 2.18 bits per heavy atom. The maximum atomic E-state index is 11.1. The highest BCUT2D eigenvalue weighted by Gasteiger charge is 2.22. The lowest BCUT2D eigenvalue weighted by Gasteiger charge is -2.19. The number of carbonyl (C=O) groups excluding carboxylic acids is 1. The maximum Gasteiger partial charge on any atom is 0.309 e. The molecule has 3 heteroatoms. The summed E-state index contributed by atoms with van der Waals surface area (Å²) in [4.78, 5) is 11.1. The third-order valence-electron chi connectivity index (χ3n) is 1.79. The topological polar surface area (TPSA) is 35.5 Å². The zero-order valence-corrected chi connectivity index (χ0v) is 6.71. The Kier molecular flexibility index (Phi) is 3.36. The molecular weight excluding hydrogens is 144 g/mol. The van der Waals surface area contributed by atoms with Crippen LogP contribution < -0.4 is 0 Å². The Balaban J connectivity index is 2.27. The third kappa shape index (κ3) is 2.50. The van der Waals surface area contributed by atoms with Crippen LogP contribution in [0.3, 0.4) is 0 Å². The van der Waals surface area contributed by atoms with Crippen molar-refractivity contribution in [2.45, 2.75) is 19.8 Å². The zero-order valence-electron chi connectivity index (χ0n) is 6.71. The lowest BCUT2D eigenvalue weighted by Crippen LogP contribution is -2.24. The average Bonchev–Trinajstić information content (AvgIpc) is 2.07. The molecule has 1 fully saturated rings. The summed E-state index contributed by atoms with van der Waals surface area (Å²) in [6.07, 6.45) is 1.60. The summed E-state index contributed by atoms with van der Waals surface area (Å²) in [6, 6.07) is 0. The molecule has 63 valence electrons. The molecule has 0 atom stereocenters. The van der Waals surface area contributed by atoms with Crippen LogP contribution in [0.2, 0.25) is 0 Å². The van der Waals surface area contributed by atoms with Crippen LogP contribution in [0.25, 0.3) is 0 Å². The van der Waals surface area contributed by atoms with Crippen LogP contribution in [0.5, 0.6) is 0 Å². The molecule has 1 saturated heterocycles. The first-order chi connectivity index (χ1) is 5.34. The van der Waals surface area contributed by atoms with Crippen molar-refractivity contribution in [3.63, 3.8) is 0 Å². The molecule has 0 aliphatic carbocycles. The highest BCUT2D eigenvalue weighted by atomic mass is 16.5. The van der Waals surface area contributed by atoms with E-state index in [9.17, 15) is 4.79 Å². The fourth-order valence-corrected chi connectivity index (χ4v) is 1.15. The van der Waals surface area contributed by atoms with Gasteiger partial charge in [0.25, 0.3) is 0 Å². The second-order valence-electron chi connectivity index (χ2n) is 2.56. The second-order valence-corrected chi connectivity index (χ2v) is 2.56. The number of hydrogen-bond acceptors (Lipinski definition) is 3. The molecule has 0 amide bonds. The van der Waals surface area contributed by atoms with Gasteiger partial charge < -0.3 is 9.47 Å². The van der Waals surface area contributed by atoms with Crippen molar-refractivity contribution in [1.29, 1.82) is 0 Å². The van der Waals surface area contributed by atoms with Gasteiger partial charge in [0.15, 0.2) is 0 Å². The third-order valence-corrected chi connectivity index (χ3v) is 1.79. The Labute approximate surface area is 66.7 Å². The predicted molar refractivity (Wildman–Crippen MR) is 39.6 cm³/mol. The van der Waals surface area contributed by atoms with E-state index in [2.05, 4.69) is 0 Å². The number of carbonyl (C=O) groups is 1. The lowest BCUT2D eigenvalue weighted by atomic mass is 10.0. The van der Waals surface area contributed by atoms with E-state index in [1.165, 1.54) is 6.61 Å². The standard InChI is InChI=1S/C8H13O3/c1-2-11-8(9)7-3-5-10-6-4-7/h2,7H,3-6H2,1H3. The Morgan fingerprint density at radius 3 is 2.73 bits per heavy atom. The molecule has 0 spiro atoms. The van der Waals surface area contributed by atoms with Crippen LogP contribution in [0.4, 0.5) is 0 Å². The summed E-state index contributed by atoms with van der Waals surface area (Å²) in [5, 5.41) is 0. The van der Waals surface area contributed by atoms with Crippen molar-refractivity contribution >= 4 is 5.97 Å². The van der Waals surface area contributed by atoms with Crippen LogP contribution in [-0.2, 0) is 14.3 Å². The summed E-state index contributed by atoms with van der Waals surface area (Å²) < 4.78 is 9.87. The number of hydrogen-bond donors (Lipinski definition) is 0. The van der Waals surface area contributed by atoms with Gasteiger partial charge in [-0.1, -0.05) is 0 Å². The summed E-state index contributed by atoms with van der Waals surface area (Å²) in [5.41, 5.74) is 0. The smallest absolute Gasteiger partial charge is 0.309 e. The summed E-state index contributed by atoms with van der Waals surface area (Å²) >= 11 is 0. The van der Waals surface area contributed by atoms with Crippen molar-refractivity contribution in [2.24, 2.45) is 5.92 Å². The van der Waals surface area contributed by atoms with Gasteiger partial charge >= 0.3 is 5.97 Å². The first-order valence-electron chi connectivity index (χ1n) is 3.90. The Hall–Kier alpha value is -0.570. The van der Waals surface area contributed by atoms with Crippen LogP contribution in [0, 0.1) is 12.5 Å². The lowest BCUT2D eigenvalue weighted by molar-refractivity contribution is -0.147. The average molecular weight is 157 g/mol. The van der Waals surface area contributed by atoms with Gasteiger partial charge in [-0.2, -0.15) is 0 Å². The van der Waals surface area contributed by atoms with E-state index >= 15 is 0 Å². The molecule has 0 unspecified atom stereocenters. The Bertz CT molecular complexity index is 127. The van der Waals surface area contributed by atoms with Gasteiger partial charge in [0.2, 0.25) is 0 Å². The van der Waals surface area contributed by atoms with E-state index in [1.807, 2.05) is 0 Å². The fraction of sp³-hybridized carbons (Fsp3) is 0.750. The molecule has 0 N–H and O–H groups in total. The molecule has 0 aromatic rings. The molecule has 11 heavy (non-hydrogen) atoms. The van der Waals surface area contributed by atoms with E-state index in [4.69, 9.17) is 9.47 Å². The van der Waals surface area contributed by atoms with Gasteiger partial charge in [-0.05, 0) is 19.8 Å². The Morgan fingerprint density at radius 1 is 1.55 bits per heavy atom. The summed E-state index contributed by atoms with van der Waals surface area (Å²) in [7, 11) is 0. The molecule has 0 saturated carbocycles.